The highest BCUT2D eigenvalue weighted by atomic mass is 16.5. The maximum Gasteiger partial charge on any atom is 0.306 e. The van der Waals surface area contributed by atoms with Gasteiger partial charge in [-0.05, 0) is 44.5 Å². The summed E-state index contributed by atoms with van der Waals surface area (Å²) in [5.41, 5.74) is 1.78. The molecular weight excluding hydrogens is 318 g/mol. The minimum Gasteiger partial charge on any atom is -0.494 e. The number of hydrogen-bond donors (Lipinski definition) is 1. The van der Waals surface area contributed by atoms with Gasteiger partial charge in [-0.1, -0.05) is 35.9 Å². The number of amides is 1. The van der Waals surface area contributed by atoms with Crippen LogP contribution in [0.25, 0.3) is 0 Å². The first-order valence-corrected chi connectivity index (χ1v) is 8.29. The Bertz CT molecular complexity index is 683. The number of para-hydroxylation sites is 1. The van der Waals surface area contributed by atoms with Gasteiger partial charge in [0.1, 0.15) is 5.75 Å². The van der Waals surface area contributed by atoms with Gasteiger partial charge in [-0.15, -0.1) is 0 Å². The molecule has 2 aromatic rings. The van der Waals surface area contributed by atoms with Crippen molar-refractivity contribution in [2.45, 2.75) is 32.8 Å². The zero-order valence-electron chi connectivity index (χ0n) is 14.5. The summed E-state index contributed by atoms with van der Waals surface area (Å²) in [6.45, 7) is 3.95. The molecule has 5 nitrogen and oxygen atoms in total. The maximum absolute atomic E-state index is 12.0. The molecule has 5 heteroatoms. The quantitative estimate of drug-likeness (QED) is 0.587. The molecule has 0 saturated heterocycles. The lowest BCUT2D eigenvalue weighted by molar-refractivity contribution is -0.153. The maximum atomic E-state index is 12.0. The van der Waals surface area contributed by atoms with E-state index in [1.54, 1.807) is 6.92 Å². The summed E-state index contributed by atoms with van der Waals surface area (Å²) >= 11 is 0. The Morgan fingerprint density at radius 3 is 2.40 bits per heavy atom. The molecule has 0 unspecified atom stereocenters. The van der Waals surface area contributed by atoms with Gasteiger partial charge in [0.2, 0.25) is 0 Å². The van der Waals surface area contributed by atoms with Crippen LogP contribution in [0, 0.1) is 6.92 Å². The second-order valence-corrected chi connectivity index (χ2v) is 5.75. The molecule has 0 saturated carbocycles. The zero-order valence-corrected chi connectivity index (χ0v) is 14.5. The van der Waals surface area contributed by atoms with Crippen molar-refractivity contribution in [3.63, 3.8) is 0 Å². The van der Waals surface area contributed by atoms with Crippen LogP contribution >= 0.6 is 0 Å². The van der Waals surface area contributed by atoms with Crippen molar-refractivity contribution in [2.75, 3.05) is 11.9 Å². The molecule has 132 valence electrons. The fourth-order valence-electron chi connectivity index (χ4n) is 2.11. The van der Waals surface area contributed by atoms with Crippen molar-refractivity contribution in [1.82, 2.24) is 0 Å². The molecule has 25 heavy (non-hydrogen) atoms. The van der Waals surface area contributed by atoms with Crippen molar-refractivity contribution in [3.8, 4) is 5.75 Å². The van der Waals surface area contributed by atoms with Crippen LogP contribution in [0.4, 0.5) is 5.69 Å². The number of carbonyl (C=O) groups is 2. The first-order chi connectivity index (χ1) is 12.0. The molecule has 1 amide bonds. The normalized spacial score (nSPS) is 11.4. The Morgan fingerprint density at radius 2 is 1.72 bits per heavy atom. The number of esters is 1. The average Bonchev–Trinajstić information content (AvgIpc) is 2.61. The van der Waals surface area contributed by atoms with Crippen LogP contribution in [0.3, 0.4) is 0 Å². The number of aryl methyl sites for hydroxylation is 1. The predicted molar refractivity (Wildman–Crippen MR) is 96.5 cm³/mol. The van der Waals surface area contributed by atoms with E-state index < -0.39 is 12.1 Å². The molecule has 0 radical (unpaired) electrons. The third kappa shape index (κ3) is 6.67. The number of hydrogen-bond acceptors (Lipinski definition) is 4. The summed E-state index contributed by atoms with van der Waals surface area (Å²) in [7, 11) is 0. The van der Waals surface area contributed by atoms with Gasteiger partial charge in [0.05, 0.1) is 6.61 Å². The van der Waals surface area contributed by atoms with E-state index in [1.807, 2.05) is 61.5 Å². The fourth-order valence-corrected chi connectivity index (χ4v) is 2.11. The van der Waals surface area contributed by atoms with E-state index in [0.717, 1.165) is 11.3 Å². The van der Waals surface area contributed by atoms with Crippen LogP contribution in [0.15, 0.2) is 54.6 Å². The number of anilines is 1. The Balaban J connectivity index is 1.66. The summed E-state index contributed by atoms with van der Waals surface area (Å²) in [5, 5.41) is 2.72. The molecule has 0 aromatic heterocycles. The highest BCUT2D eigenvalue weighted by Gasteiger charge is 2.17. The number of carbonyl (C=O) groups excluding carboxylic acids is 2. The van der Waals surface area contributed by atoms with Crippen LogP contribution in [0.2, 0.25) is 0 Å². The van der Waals surface area contributed by atoms with Gasteiger partial charge < -0.3 is 14.8 Å². The average molecular weight is 341 g/mol. The Hall–Kier alpha value is -2.82. The first kappa shape index (κ1) is 18.5. The molecular formula is C20H23NO4. The van der Waals surface area contributed by atoms with E-state index in [0.29, 0.717) is 18.7 Å². The number of nitrogens with one attached hydrogen (secondary N) is 1. The summed E-state index contributed by atoms with van der Waals surface area (Å²) in [5.74, 6) is 0.00247. The Morgan fingerprint density at radius 1 is 1.04 bits per heavy atom. The highest BCUT2D eigenvalue weighted by molar-refractivity contribution is 5.95. The molecule has 0 fully saturated rings. The highest BCUT2D eigenvalue weighted by Crippen LogP contribution is 2.11. The molecule has 0 bridgehead atoms. The zero-order chi connectivity index (χ0) is 18.1. The molecule has 0 heterocycles. The van der Waals surface area contributed by atoms with Gasteiger partial charge in [0, 0.05) is 12.1 Å². The van der Waals surface area contributed by atoms with Crippen molar-refractivity contribution in [3.05, 3.63) is 60.2 Å². The van der Waals surface area contributed by atoms with E-state index in [9.17, 15) is 9.59 Å². The molecule has 0 spiro atoms. The van der Waals surface area contributed by atoms with E-state index in [-0.39, 0.29) is 12.3 Å². The lowest BCUT2D eigenvalue weighted by atomic mass is 10.2. The third-order valence-electron chi connectivity index (χ3n) is 3.53. The number of ether oxygens (including phenoxy) is 2. The van der Waals surface area contributed by atoms with E-state index in [4.69, 9.17) is 9.47 Å². The van der Waals surface area contributed by atoms with Gasteiger partial charge in [0.15, 0.2) is 6.10 Å². The Kier molecular flexibility index (Phi) is 7.01. The van der Waals surface area contributed by atoms with Gasteiger partial charge in [-0.3, -0.25) is 9.59 Å². The molecule has 0 aliphatic rings. The second-order valence-electron chi connectivity index (χ2n) is 5.75. The standard InChI is InChI=1S/C20H23NO4/c1-15-10-12-17(13-11-15)21-20(23)16(2)25-19(22)9-6-14-24-18-7-4-3-5-8-18/h3-5,7-8,10-13,16H,6,9,14H2,1-2H3,(H,21,23)/t16-/m1/s1. The first-order valence-electron chi connectivity index (χ1n) is 8.29. The Labute approximate surface area is 148 Å². The monoisotopic (exact) mass is 341 g/mol. The van der Waals surface area contributed by atoms with E-state index in [1.165, 1.54) is 0 Å². The topological polar surface area (TPSA) is 64.6 Å². The van der Waals surface area contributed by atoms with Crippen molar-refractivity contribution in [1.29, 1.82) is 0 Å². The summed E-state index contributed by atoms with van der Waals surface area (Å²) in [6, 6.07) is 16.8. The summed E-state index contributed by atoms with van der Waals surface area (Å²) in [6.07, 6.45) is -0.112. The summed E-state index contributed by atoms with van der Waals surface area (Å²) < 4.78 is 10.7. The molecule has 2 rings (SSSR count). The van der Waals surface area contributed by atoms with Crippen LogP contribution in [0.1, 0.15) is 25.3 Å². The van der Waals surface area contributed by atoms with Crippen molar-refractivity contribution in [2.24, 2.45) is 0 Å². The van der Waals surface area contributed by atoms with Crippen LogP contribution in [0.5, 0.6) is 5.75 Å². The van der Waals surface area contributed by atoms with Crippen LogP contribution in [-0.2, 0) is 14.3 Å². The lowest BCUT2D eigenvalue weighted by Gasteiger charge is -2.13. The molecule has 1 atom stereocenters. The smallest absolute Gasteiger partial charge is 0.306 e. The molecule has 1 N–H and O–H groups in total. The van der Waals surface area contributed by atoms with Crippen molar-refractivity contribution < 1.29 is 19.1 Å². The molecule has 2 aromatic carbocycles. The summed E-state index contributed by atoms with van der Waals surface area (Å²) in [4.78, 5) is 23.8. The van der Waals surface area contributed by atoms with Crippen molar-refractivity contribution >= 4 is 17.6 Å². The fraction of sp³-hybridized carbons (Fsp3) is 0.300. The molecule has 0 aliphatic carbocycles. The minimum absolute atomic E-state index is 0.203. The van der Waals surface area contributed by atoms with Gasteiger partial charge >= 0.3 is 5.97 Å². The van der Waals surface area contributed by atoms with Crippen LogP contribution < -0.4 is 10.1 Å². The molecule has 0 aliphatic heterocycles. The minimum atomic E-state index is -0.844. The van der Waals surface area contributed by atoms with E-state index >= 15 is 0 Å². The number of benzene rings is 2. The van der Waals surface area contributed by atoms with Gasteiger partial charge in [0.25, 0.3) is 5.91 Å². The van der Waals surface area contributed by atoms with Gasteiger partial charge in [-0.25, -0.2) is 0 Å². The van der Waals surface area contributed by atoms with Gasteiger partial charge in [-0.2, -0.15) is 0 Å². The lowest BCUT2D eigenvalue weighted by Crippen LogP contribution is -2.30. The van der Waals surface area contributed by atoms with E-state index in [2.05, 4.69) is 5.32 Å². The predicted octanol–water partition coefficient (Wildman–Crippen LogP) is 3.72. The number of rotatable bonds is 8. The third-order valence-corrected chi connectivity index (χ3v) is 3.53. The second kappa shape index (κ2) is 9.47. The largest absolute Gasteiger partial charge is 0.494 e. The van der Waals surface area contributed by atoms with Crippen LogP contribution in [-0.4, -0.2) is 24.6 Å². The SMILES string of the molecule is Cc1ccc(NC(=O)[C@@H](C)OC(=O)CCCOc2ccccc2)cc1.